The van der Waals surface area contributed by atoms with Gasteiger partial charge >= 0.3 is 0 Å². The topological polar surface area (TPSA) is 129 Å². The summed E-state index contributed by atoms with van der Waals surface area (Å²) in [5, 5.41) is 30.4. The van der Waals surface area contributed by atoms with Crippen molar-refractivity contribution in [3.63, 3.8) is 0 Å². The first-order valence-electron chi connectivity index (χ1n) is 8.23. The molecule has 10 heteroatoms. The van der Waals surface area contributed by atoms with Crippen LogP contribution in [-0.4, -0.2) is 39.4 Å². The maximum Gasteiger partial charge on any atom is 0.269 e. The van der Waals surface area contributed by atoms with E-state index in [0.29, 0.717) is 5.56 Å². The molecule has 0 saturated heterocycles. The zero-order valence-electron chi connectivity index (χ0n) is 15.0. The minimum absolute atomic E-state index is 0.0857. The van der Waals surface area contributed by atoms with Gasteiger partial charge in [0, 0.05) is 30.3 Å². The number of aliphatic hydroxyl groups excluding tert-OH is 1. The molecule has 146 valence electrons. The quantitative estimate of drug-likeness (QED) is 0.241. The number of nitrogens with one attached hydrogen (secondary N) is 3. The molecule has 0 spiro atoms. The molecule has 2 aromatic carbocycles. The third-order valence-electron chi connectivity index (χ3n) is 3.57. The number of thiocarbonyl (C=S) groups is 1. The van der Waals surface area contributed by atoms with Crippen LogP contribution in [0, 0.1) is 10.1 Å². The number of hydrogen-bond donors (Lipinski definition) is 4. The highest BCUT2D eigenvalue weighted by atomic mass is 32.1. The van der Waals surface area contributed by atoms with Gasteiger partial charge in [-0.3, -0.25) is 20.3 Å². The van der Waals surface area contributed by atoms with Crippen molar-refractivity contribution < 1.29 is 14.8 Å². The highest BCUT2D eigenvalue weighted by molar-refractivity contribution is 7.80. The molecule has 0 aromatic heterocycles. The van der Waals surface area contributed by atoms with E-state index in [9.17, 15) is 20.0 Å². The summed E-state index contributed by atoms with van der Waals surface area (Å²) >= 11 is 5.20. The largest absolute Gasteiger partial charge is 0.394 e. The van der Waals surface area contributed by atoms with Gasteiger partial charge in [0.2, 0.25) is 5.91 Å². The second-order valence-electron chi connectivity index (χ2n) is 5.67. The number of nitrogens with zero attached hydrogens (tertiary/aromatic N) is 2. The van der Waals surface area contributed by atoms with E-state index in [1.54, 1.807) is 0 Å². The summed E-state index contributed by atoms with van der Waals surface area (Å²) in [6, 6.07) is 14.0. The Bertz CT molecular complexity index is 871. The lowest BCUT2D eigenvalue weighted by Gasteiger charge is -2.18. The fraction of sp³-hybridized carbons (Fsp3) is 0.167. The van der Waals surface area contributed by atoms with Crippen molar-refractivity contribution >= 4 is 40.3 Å². The zero-order valence-corrected chi connectivity index (χ0v) is 15.8. The standard InChI is InChI=1S/C18H19N5O4S/c1-12(25)19-16(11-24)17(13-7-9-15(10-8-13)23(26)27)21-22-18(28)20-14-5-3-2-4-6-14/h2-10,16,24H,11H2,1H3,(H,19,25)(H2,20,22,28)/b21-17+. The molecule has 0 aliphatic carbocycles. The average molecular weight is 401 g/mol. The number of amides is 1. The highest BCUT2D eigenvalue weighted by Gasteiger charge is 2.19. The number of para-hydroxylation sites is 1. The summed E-state index contributed by atoms with van der Waals surface area (Å²) in [7, 11) is 0. The van der Waals surface area contributed by atoms with Gasteiger partial charge in [0.1, 0.15) is 0 Å². The Morgan fingerprint density at radius 2 is 1.86 bits per heavy atom. The van der Waals surface area contributed by atoms with Crippen LogP contribution in [0.15, 0.2) is 59.7 Å². The van der Waals surface area contributed by atoms with E-state index >= 15 is 0 Å². The first-order chi connectivity index (χ1) is 13.4. The van der Waals surface area contributed by atoms with Crippen LogP contribution in [0.3, 0.4) is 0 Å². The molecule has 0 aliphatic heterocycles. The smallest absolute Gasteiger partial charge is 0.269 e. The Morgan fingerprint density at radius 1 is 1.21 bits per heavy atom. The summed E-state index contributed by atoms with van der Waals surface area (Å²) < 4.78 is 0. The van der Waals surface area contributed by atoms with Gasteiger partial charge in [-0.1, -0.05) is 18.2 Å². The predicted octanol–water partition coefficient (Wildman–Crippen LogP) is 1.78. The van der Waals surface area contributed by atoms with Crippen LogP contribution in [0.5, 0.6) is 0 Å². The van der Waals surface area contributed by atoms with Crippen LogP contribution >= 0.6 is 12.2 Å². The Balaban J connectivity index is 2.25. The van der Waals surface area contributed by atoms with E-state index in [1.165, 1.54) is 31.2 Å². The number of nitro groups is 1. The minimum Gasteiger partial charge on any atom is -0.394 e. The number of nitro benzene ring substituents is 1. The monoisotopic (exact) mass is 401 g/mol. The number of anilines is 1. The summed E-state index contributed by atoms with van der Waals surface area (Å²) in [6.45, 7) is 0.890. The van der Waals surface area contributed by atoms with E-state index < -0.39 is 17.6 Å². The van der Waals surface area contributed by atoms with Crippen LogP contribution in [0.2, 0.25) is 0 Å². The predicted molar refractivity (Wildman–Crippen MR) is 110 cm³/mol. The molecule has 0 radical (unpaired) electrons. The number of carbonyl (C=O) groups is 1. The first-order valence-corrected chi connectivity index (χ1v) is 8.64. The van der Waals surface area contributed by atoms with Gasteiger partial charge in [-0.2, -0.15) is 5.10 Å². The second kappa shape index (κ2) is 10.1. The molecule has 1 atom stereocenters. The zero-order chi connectivity index (χ0) is 20.5. The fourth-order valence-electron chi connectivity index (χ4n) is 2.33. The molecule has 2 rings (SSSR count). The molecular weight excluding hydrogens is 382 g/mol. The van der Waals surface area contributed by atoms with Gasteiger partial charge in [0.05, 0.1) is 23.3 Å². The van der Waals surface area contributed by atoms with Gasteiger partial charge in [0.25, 0.3) is 5.69 Å². The summed E-state index contributed by atoms with van der Waals surface area (Å²) in [5.41, 5.74) is 4.09. The molecule has 4 N–H and O–H groups in total. The van der Waals surface area contributed by atoms with Gasteiger partial charge in [-0.05, 0) is 36.5 Å². The number of benzene rings is 2. The number of carbonyl (C=O) groups excluding carboxylic acids is 1. The van der Waals surface area contributed by atoms with Gasteiger partial charge in [-0.15, -0.1) is 0 Å². The van der Waals surface area contributed by atoms with Crippen molar-refractivity contribution in [2.45, 2.75) is 13.0 Å². The normalized spacial score (nSPS) is 12.0. The molecule has 0 bridgehead atoms. The van der Waals surface area contributed by atoms with Crippen LogP contribution in [0.1, 0.15) is 12.5 Å². The summed E-state index contributed by atoms with van der Waals surface area (Å²) in [4.78, 5) is 21.8. The van der Waals surface area contributed by atoms with Crippen molar-refractivity contribution in [1.82, 2.24) is 10.7 Å². The van der Waals surface area contributed by atoms with Crippen molar-refractivity contribution in [2.75, 3.05) is 11.9 Å². The summed E-state index contributed by atoms with van der Waals surface area (Å²) in [5.74, 6) is -0.362. The van der Waals surface area contributed by atoms with Crippen molar-refractivity contribution in [2.24, 2.45) is 5.10 Å². The SMILES string of the molecule is CC(=O)NC(CO)/C(=N/NC(=S)Nc1ccccc1)c1ccc([N+](=O)[O-])cc1. The number of non-ortho nitro benzene ring substituents is 1. The van der Waals surface area contributed by atoms with Crippen LogP contribution < -0.4 is 16.1 Å². The van der Waals surface area contributed by atoms with Crippen LogP contribution in [-0.2, 0) is 4.79 Å². The summed E-state index contributed by atoms with van der Waals surface area (Å²) in [6.07, 6.45) is 0. The van der Waals surface area contributed by atoms with Gasteiger partial charge in [0.15, 0.2) is 5.11 Å². The van der Waals surface area contributed by atoms with Crippen molar-refractivity contribution in [1.29, 1.82) is 0 Å². The molecule has 28 heavy (non-hydrogen) atoms. The number of aliphatic hydroxyl groups is 1. The number of hydrogen-bond acceptors (Lipinski definition) is 6. The molecule has 0 aliphatic rings. The molecular formula is C18H19N5O4S. The maximum atomic E-state index is 11.4. The van der Waals surface area contributed by atoms with E-state index in [4.69, 9.17) is 12.2 Å². The second-order valence-corrected chi connectivity index (χ2v) is 6.08. The average Bonchev–Trinajstić information content (AvgIpc) is 2.68. The maximum absolute atomic E-state index is 11.4. The third kappa shape index (κ3) is 6.11. The number of hydrazone groups is 1. The third-order valence-corrected chi connectivity index (χ3v) is 3.77. The molecule has 0 saturated carbocycles. The molecule has 1 amide bonds. The lowest BCUT2D eigenvalue weighted by atomic mass is 10.0. The minimum atomic E-state index is -0.828. The van der Waals surface area contributed by atoms with E-state index in [2.05, 4.69) is 21.2 Å². The van der Waals surface area contributed by atoms with Gasteiger partial charge < -0.3 is 15.7 Å². The van der Waals surface area contributed by atoms with Crippen molar-refractivity contribution in [3.8, 4) is 0 Å². The highest BCUT2D eigenvalue weighted by Crippen LogP contribution is 2.14. The lowest BCUT2D eigenvalue weighted by Crippen LogP contribution is -2.44. The molecule has 2 aromatic rings. The fourth-order valence-corrected chi connectivity index (χ4v) is 2.50. The number of rotatable bonds is 7. The van der Waals surface area contributed by atoms with Crippen molar-refractivity contribution in [3.05, 3.63) is 70.3 Å². The van der Waals surface area contributed by atoms with Gasteiger partial charge in [-0.25, -0.2) is 0 Å². The molecule has 0 heterocycles. The molecule has 1 unspecified atom stereocenters. The Hall–Kier alpha value is -3.37. The Kier molecular flexibility index (Phi) is 7.55. The molecule has 0 fully saturated rings. The Labute approximate surface area is 166 Å². The van der Waals surface area contributed by atoms with Crippen LogP contribution in [0.25, 0.3) is 0 Å². The lowest BCUT2D eigenvalue weighted by molar-refractivity contribution is -0.384. The van der Waals surface area contributed by atoms with E-state index in [1.807, 2.05) is 30.3 Å². The molecule has 9 nitrogen and oxygen atoms in total. The van der Waals surface area contributed by atoms with E-state index in [0.717, 1.165) is 5.69 Å². The first kappa shape index (κ1) is 20.9. The van der Waals surface area contributed by atoms with E-state index in [-0.39, 0.29) is 22.4 Å². The Morgan fingerprint density at radius 3 is 2.39 bits per heavy atom. The van der Waals surface area contributed by atoms with Crippen LogP contribution in [0.4, 0.5) is 11.4 Å².